The topological polar surface area (TPSA) is 86.9 Å². The number of rotatable bonds is 8. The molecule has 0 aliphatic heterocycles. The molecule has 0 fully saturated rings. The molecule has 8 nitrogen and oxygen atoms in total. The van der Waals surface area contributed by atoms with Gasteiger partial charge in [-0.05, 0) is 42.2 Å². The lowest BCUT2D eigenvalue weighted by Crippen LogP contribution is -2.15. The van der Waals surface area contributed by atoms with Crippen LogP contribution in [0.15, 0.2) is 67.1 Å². The second-order valence-electron chi connectivity index (χ2n) is 7.95. The van der Waals surface area contributed by atoms with Gasteiger partial charge in [0.1, 0.15) is 12.1 Å². The van der Waals surface area contributed by atoms with E-state index in [1.807, 2.05) is 49.4 Å². The van der Waals surface area contributed by atoms with Crippen LogP contribution in [-0.2, 0) is 13.3 Å². The van der Waals surface area contributed by atoms with E-state index in [2.05, 4.69) is 40.4 Å². The zero-order valence-corrected chi connectivity index (χ0v) is 18.4. The summed E-state index contributed by atoms with van der Waals surface area (Å²) in [6.07, 6.45) is 3.29. The standard InChI is InChI=1S/C24H26N6O2/c1-17(2)20-7-9-21(10-8-20)32-16-29-12-11-22(27-29)23(31)26-24-25-15-30(28-24)14-19-6-4-5-18(3)13-19/h4-13,15,17H,14,16H2,1-3H3,(H,26,28,31). The maximum absolute atomic E-state index is 12.5. The van der Waals surface area contributed by atoms with Gasteiger partial charge in [0.15, 0.2) is 12.4 Å². The lowest BCUT2D eigenvalue weighted by Gasteiger charge is -2.09. The lowest BCUT2D eigenvalue weighted by atomic mass is 10.0. The molecular weight excluding hydrogens is 404 g/mol. The van der Waals surface area contributed by atoms with E-state index in [9.17, 15) is 4.79 Å². The number of carbonyl (C=O) groups is 1. The fraction of sp³-hybridized carbons (Fsp3) is 0.250. The van der Waals surface area contributed by atoms with Crippen LogP contribution in [0.1, 0.15) is 46.9 Å². The van der Waals surface area contributed by atoms with E-state index >= 15 is 0 Å². The molecule has 1 amide bonds. The number of hydrogen-bond donors (Lipinski definition) is 1. The normalized spacial score (nSPS) is 11.0. The highest BCUT2D eigenvalue weighted by molar-refractivity contribution is 6.01. The molecule has 8 heteroatoms. The summed E-state index contributed by atoms with van der Waals surface area (Å²) in [5, 5.41) is 11.3. The van der Waals surface area contributed by atoms with Gasteiger partial charge in [0, 0.05) is 6.20 Å². The molecule has 0 unspecified atom stereocenters. The quantitative estimate of drug-likeness (QED) is 0.452. The van der Waals surface area contributed by atoms with Crippen LogP contribution >= 0.6 is 0 Å². The Morgan fingerprint density at radius 2 is 1.88 bits per heavy atom. The van der Waals surface area contributed by atoms with Crippen molar-refractivity contribution in [2.75, 3.05) is 5.32 Å². The lowest BCUT2D eigenvalue weighted by molar-refractivity contribution is 0.101. The molecule has 0 saturated heterocycles. The summed E-state index contributed by atoms with van der Waals surface area (Å²) in [5.41, 5.74) is 3.82. The molecule has 1 N–H and O–H groups in total. The second kappa shape index (κ2) is 9.47. The molecule has 2 aromatic heterocycles. The summed E-state index contributed by atoms with van der Waals surface area (Å²) in [4.78, 5) is 16.7. The number of nitrogens with zero attached hydrogens (tertiary/aromatic N) is 5. The second-order valence-corrected chi connectivity index (χ2v) is 7.95. The van der Waals surface area contributed by atoms with Crippen LogP contribution in [-0.4, -0.2) is 30.5 Å². The average molecular weight is 431 g/mol. The molecule has 4 aromatic rings. The summed E-state index contributed by atoms with van der Waals surface area (Å²) in [6, 6.07) is 17.8. The Morgan fingerprint density at radius 1 is 1.06 bits per heavy atom. The number of aryl methyl sites for hydroxylation is 1. The SMILES string of the molecule is Cc1cccc(Cn2cnc(NC(=O)c3ccn(COc4ccc(C(C)C)cc4)n3)n2)c1. The third-order valence-corrected chi connectivity index (χ3v) is 4.97. The Hall–Kier alpha value is -3.94. The number of carbonyl (C=O) groups excluding carboxylic acids is 1. The van der Waals surface area contributed by atoms with Crippen molar-refractivity contribution in [2.45, 2.75) is 40.0 Å². The first-order valence-corrected chi connectivity index (χ1v) is 10.5. The monoisotopic (exact) mass is 430 g/mol. The van der Waals surface area contributed by atoms with E-state index in [0.717, 1.165) is 11.3 Å². The highest BCUT2D eigenvalue weighted by atomic mass is 16.5. The van der Waals surface area contributed by atoms with Gasteiger partial charge in [-0.2, -0.15) is 5.10 Å². The van der Waals surface area contributed by atoms with E-state index < -0.39 is 0 Å². The summed E-state index contributed by atoms with van der Waals surface area (Å²) >= 11 is 0. The van der Waals surface area contributed by atoms with Crippen LogP contribution in [0.3, 0.4) is 0 Å². The molecule has 0 radical (unpaired) electrons. The summed E-state index contributed by atoms with van der Waals surface area (Å²) in [6.45, 7) is 7.13. The molecular formula is C24H26N6O2. The average Bonchev–Trinajstić information content (AvgIpc) is 3.42. The molecule has 4 rings (SSSR count). The number of aromatic nitrogens is 5. The van der Waals surface area contributed by atoms with Crippen molar-refractivity contribution >= 4 is 11.9 Å². The molecule has 0 atom stereocenters. The Bertz CT molecular complexity index is 1190. The van der Waals surface area contributed by atoms with Gasteiger partial charge < -0.3 is 4.74 Å². The van der Waals surface area contributed by atoms with Crippen molar-refractivity contribution in [3.8, 4) is 5.75 Å². The number of ether oxygens (including phenoxy) is 1. The minimum absolute atomic E-state index is 0.206. The summed E-state index contributed by atoms with van der Waals surface area (Å²) in [7, 11) is 0. The smallest absolute Gasteiger partial charge is 0.278 e. The van der Waals surface area contributed by atoms with Crippen LogP contribution in [0.5, 0.6) is 5.75 Å². The first-order chi connectivity index (χ1) is 15.5. The highest BCUT2D eigenvalue weighted by Gasteiger charge is 2.13. The van der Waals surface area contributed by atoms with Gasteiger partial charge in [-0.3, -0.25) is 10.1 Å². The third-order valence-electron chi connectivity index (χ3n) is 4.97. The predicted molar refractivity (Wildman–Crippen MR) is 122 cm³/mol. The van der Waals surface area contributed by atoms with Crippen molar-refractivity contribution in [1.29, 1.82) is 0 Å². The number of hydrogen-bond acceptors (Lipinski definition) is 5. The number of nitrogens with one attached hydrogen (secondary N) is 1. The van der Waals surface area contributed by atoms with Crippen LogP contribution < -0.4 is 10.1 Å². The van der Waals surface area contributed by atoms with Crippen molar-refractivity contribution in [3.63, 3.8) is 0 Å². The van der Waals surface area contributed by atoms with Crippen LogP contribution in [0, 0.1) is 6.92 Å². The van der Waals surface area contributed by atoms with Crippen molar-refractivity contribution in [2.24, 2.45) is 0 Å². The fourth-order valence-corrected chi connectivity index (χ4v) is 3.24. The zero-order valence-electron chi connectivity index (χ0n) is 18.4. The highest BCUT2D eigenvalue weighted by Crippen LogP contribution is 2.18. The van der Waals surface area contributed by atoms with Gasteiger partial charge in [0.05, 0.1) is 6.54 Å². The van der Waals surface area contributed by atoms with Crippen LogP contribution in [0.25, 0.3) is 0 Å². The molecule has 0 aliphatic rings. The number of amides is 1. The summed E-state index contributed by atoms with van der Waals surface area (Å²) < 4.78 is 8.99. The Kier molecular flexibility index (Phi) is 6.30. The molecule has 2 heterocycles. The van der Waals surface area contributed by atoms with Gasteiger partial charge >= 0.3 is 0 Å². The van der Waals surface area contributed by atoms with Gasteiger partial charge in [-0.25, -0.2) is 14.3 Å². The Morgan fingerprint density at radius 3 is 2.62 bits per heavy atom. The van der Waals surface area contributed by atoms with E-state index in [4.69, 9.17) is 4.74 Å². The Labute approximate surface area is 186 Å². The molecule has 32 heavy (non-hydrogen) atoms. The van der Waals surface area contributed by atoms with E-state index in [1.54, 1.807) is 28.0 Å². The third kappa shape index (κ3) is 5.40. The maximum atomic E-state index is 12.5. The minimum Gasteiger partial charge on any atom is -0.471 e. The molecule has 2 aromatic carbocycles. The molecule has 0 bridgehead atoms. The minimum atomic E-state index is -0.377. The van der Waals surface area contributed by atoms with Gasteiger partial charge in [0.2, 0.25) is 5.95 Å². The van der Waals surface area contributed by atoms with Crippen molar-refractivity contribution in [3.05, 3.63) is 89.5 Å². The maximum Gasteiger partial charge on any atom is 0.278 e. The van der Waals surface area contributed by atoms with Gasteiger partial charge in [0.25, 0.3) is 5.91 Å². The Balaban J connectivity index is 1.31. The van der Waals surface area contributed by atoms with Crippen molar-refractivity contribution < 1.29 is 9.53 Å². The fourth-order valence-electron chi connectivity index (χ4n) is 3.24. The van der Waals surface area contributed by atoms with E-state index in [-0.39, 0.29) is 24.3 Å². The van der Waals surface area contributed by atoms with Gasteiger partial charge in [-0.15, -0.1) is 5.10 Å². The van der Waals surface area contributed by atoms with E-state index in [1.165, 1.54) is 11.1 Å². The number of anilines is 1. The van der Waals surface area contributed by atoms with Crippen molar-refractivity contribution in [1.82, 2.24) is 24.5 Å². The summed E-state index contributed by atoms with van der Waals surface area (Å²) in [5.74, 6) is 1.08. The molecule has 0 spiro atoms. The molecule has 164 valence electrons. The largest absolute Gasteiger partial charge is 0.471 e. The predicted octanol–water partition coefficient (Wildman–Crippen LogP) is 4.24. The molecule has 0 saturated carbocycles. The van der Waals surface area contributed by atoms with Gasteiger partial charge in [-0.1, -0.05) is 55.8 Å². The number of benzene rings is 2. The van der Waals surface area contributed by atoms with E-state index in [0.29, 0.717) is 12.5 Å². The first kappa shape index (κ1) is 21.3. The first-order valence-electron chi connectivity index (χ1n) is 10.5. The van der Waals surface area contributed by atoms with Crippen LogP contribution in [0.2, 0.25) is 0 Å². The van der Waals surface area contributed by atoms with Crippen LogP contribution in [0.4, 0.5) is 5.95 Å². The molecule has 0 aliphatic carbocycles. The zero-order chi connectivity index (χ0) is 22.5.